The van der Waals surface area contributed by atoms with Gasteiger partial charge in [-0.1, -0.05) is 0 Å². The van der Waals surface area contributed by atoms with E-state index in [2.05, 4.69) is 20.0 Å². The monoisotopic (exact) mass is 452 g/mol. The fourth-order valence-corrected chi connectivity index (χ4v) is 5.26. The molecule has 2 unspecified atom stereocenters. The lowest BCUT2D eigenvalue weighted by atomic mass is 10.0. The Bertz CT molecular complexity index is 1130. The van der Waals surface area contributed by atoms with Gasteiger partial charge in [0.15, 0.2) is 16.8 Å². The molecule has 0 amide bonds. The van der Waals surface area contributed by atoms with Crippen LogP contribution in [0.1, 0.15) is 31.2 Å². The first-order chi connectivity index (χ1) is 14.8. The molecule has 6 rings (SSSR count). The number of piperazine rings is 1. The third-order valence-electron chi connectivity index (χ3n) is 6.20. The van der Waals surface area contributed by atoms with Crippen LogP contribution in [0.2, 0.25) is 0 Å². The number of halogens is 3. The first-order valence-corrected chi connectivity index (χ1v) is 11.0. The summed E-state index contributed by atoms with van der Waals surface area (Å²) in [5.41, 5.74) is -0.646. The standard InChI is InChI=1S/C20H19F3N4O3S/c21-20(22,23)30-16-13(19(28)3-4-19)7-12(17-24-5-6-31-17)15-14(16)26-18(29-15)27-8-10-1-2-11(9-27)25-10/h5-7,10-11,25,28H,1-4,8-9H2. The Morgan fingerprint density at radius 3 is 2.61 bits per heavy atom. The van der Waals surface area contributed by atoms with Crippen LogP contribution in [-0.2, 0) is 5.60 Å². The van der Waals surface area contributed by atoms with Crippen LogP contribution in [0.25, 0.3) is 21.7 Å². The molecule has 11 heteroatoms. The third kappa shape index (κ3) is 3.35. The SMILES string of the molecule is OC1(c2cc(-c3nccs3)c3oc(N4CC5CCC(C4)N5)nc3c2OC(F)(F)F)CC1. The predicted molar refractivity (Wildman–Crippen MR) is 107 cm³/mol. The van der Waals surface area contributed by atoms with Crippen molar-refractivity contribution in [2.75, 3.05) is 18.0 Å². The summed E-state index contributed by atoms with van der Waals surface area (Å²) in [5.74, 6) is -0.490. The highest BCUT2D eigenvalue weighted by atomic mass is 32.1. The van der Waals surface area contributed by atoms with E-state index in [1.54, 1.807) is 11.6 Å². The van der Waals surface area contributed by atoms with Crippen molar-refractivity contribution >= 4 is 28.5 Å². The van der Waals surface area contributed by atoms with E-state index < -0.39 is 17.7 Å². The van der Waals surface area contributed by atoms with E-state index in [4.69, 9.17) is 4.42 Å². The minimum atomic E-state index is -4.93. The molecule has 0 radical (unpaired) electrons. The summed E-state index contributed by atoms with van der Waals surface area (Å²) in [4.78, 5) is 10.7. The summed E-state index contributed by atoms with van der Waals surface area (Å²) < 4.78 is 50.4. The van der Waals surface area contributed by atoms with Crippen LogP contribution in [0.5, 0.6) is 5.75 Å². The van der Waals surface area contributed by atoms with E-state index >= 15 is 0 Å². The van der Waals surface area contributed by atoms with Crippen LogP contribution in [0.4, 0.5) is 19.2 Å². The second kappa shape index (κ2) is 6.57. The Kier molecular flexibility index (Phi) is 4.09. The number of alkyl halides is 3. The number of aliphatic hydroxyl groups is 1. The fraction of sp³-hybridized carbons (Fsp3) is 0.500. The van der Waals surface area contributed by atoms with E-state index in [-0.39, 0.29) is 22.7 Å². The van der Waals surface area contributed by atoms with Crippen LogP contribution < -0.4 is 15.0 Å². The van der Waals surface area contributed by atoms with Crippen LogP contribution in [0.15, 0.2) is 22.1 Å². The second-order valence-corrected chi connectivity index (χ2v) is 9.33. The number of nitrogens with zero attached hydrogens (tertiary/aromatic N) is 3. The number of rotatable bonds is 4. The van der Waals surface area contributed by atoms with Gasteiger partial charge in [-0.3, -0.25) is 0 Å². The van der Waals surface area contributed by atoms with Gasteiger partial charge in [-0.2, -0.15) is 4.98 Å². The minimum Gasteiger partial charge on any atom is -0.422 e. The van der Waals surface area contributed by atoms with Crippen molar-refractivity contribution in [2.24, 2.45) is 0 Å². The molecule has 3 fully saturated rings. The van der Waals surface area contributed by atoms with Gasteiger partial charge in [0.2, 0.25) is 0 Å². The number of aromatic nitrogens is 2. The Balaban J connectivity index is 1.56. The maximum absolute atomic E-state index is 13.3. The number of ether oxygens (including phenoxy) is 1. The van der Waals surface area contributed by atoms with E-state index in [1.807, 2.05) is 4.90 Å². The van der Waals surface area contributed by atoms with Crippen LogP contribution in [-0.4, -0.2) is 46.6 Å². The number of nitrogens with one attached hydrogen (secondary N) is 1. The molecule has 164 valence electrons. The zero-order chi connectivity index (χ0) is 21.4. The van der Waals surface area contributed by atoms with Gasteiger partial charge in [0, 0.05) is 42.3 Å². The normalized spacial score (nSPS) is 24.7. The lowest BCUT2D eigenvalue weighted by Gasteiger charge is -2.31. The zero-order valence-electron chi connectivity index (χ0n) is 16.3. The van der Waals surface area contributed by atoms with Gasteiger partial charge in [0.05, 0.1) is 11.2 Å². The summed E-state index contributed by atoms with van der Waals surface area (Å²) in [5, 5.41) is 16.6. The van der Waals surface area contributed by atoms with Crippen molar-refractivity contribution in [2.45, 2.75) is 49.7 Å². The molecule has 2 N–H and O–H groups in total. The maximum Gasteiger partial charge on any atom is 0.573 e. The first-order valence-electron chi connectivity index (χ1n) is 10.2. The highest BCUT2D eigenvalue weighted by Crippen LogP contribution is 2.53. The molecular formula is C20H19F3N4O3S. The van der Waals surface area contributed by atoms with E-state index in [0.717, 1.165) is 12.8 Å². The number of benzene rings is 1. The summed E-state index contributed by atoms with van der Waals surface area (Å²) >= 11 is 1.34. The first kappa shape index (κ1) is 19.3. The lowest BCUT2D eigenvalue weighted by molar-refractivity contribution is -0.274. The van der Waals surface area contributed by atoms with Crippen LogP contribution >= 0.6 is 11.3 Å². The molecule has 2 bridgehead atoms. The molecule has 2 aromatic heterocycles. The molecule has 3 aromatic rings. The number of fused-ring (bicyclic) bond motifs is 3. The number of anilines is 1. The highest BCUT2D eigenvalue weighted by Gasteiger charge is 2.48. The molecule has 7 nitrogen and oxygen atoms in total. The molecule has 2 atom stereocenters. The molecule has 31 heavy (non-hydrogen) atoms. The molecule has 2 saturated heterocycles. The van der Waals surface area contributed by atoms with Crippen molar-refractivity contribution in [1.29, 1.82) is 0 Å². The quantitative estimate of drug-likeness (QED) is 0.624. The summed E-state index contributed by atoms with van der Waals surface area (Å²) in [7, 11) is 0. The van der Waals surface area contributed by atoms with Gasteiger partial charge in [-0.25, -0.2) is 4.98 Å². The van der Waals surface area contributed by atoms with Gasteiger partial charge in [-0.15, -0.1) is 24.5 Å². The fourth-order valence-electron chi connectivity index (χ4n) is 4.60. The predicted octanol–water partition coefficient (Wildman–Crippen LogP) is 3.77. The zero-order valence-corrected chi connectivity index (χ0v) is 17.1. The highest BCUT2D eigenvalue weighted by molar-refractivity contribution is 7.13. The Morgan fingerprint density at radius 2 is 2.00 bits per heavy atom. The van der Waals surface area contributed by atoms with Gasteiger partial charge in [0.25, 0.3) is 6.01 Å². The van der Waals surface area contributed by atoms with Crippen molar-refractivity contribution in [3.63, 3.8) is 0 Å². The van der Waals surface area contributed by atoms with Crippen LogP contribution in [0, 0.1) is 0 Å². The Morgan fingerprint density at radius 1 is 1.26 bits per heavy atom. The molecule has 1 aromatic carbocycles. The lowest BCUT2D eigenvalue weighted by Crippen LogP contribution is -2.51. The largest absolute Gasteiger partial charge is 0.573 e. The van der Waals surface area contributed by atoms with E-state index in [9.17, 15) is 18.3 Å². The number of thiazole rings is 1. The Labute approximate surface area is 178 Å². The summed E-state index contributed by atoms with van der Waals surface area (Å²) in [6.45, 7) is 1.34. The molecule has 2 aliphatic heterocycles. The molecule has 3 aliphatic rings. The molecule has 4 heterocycles. The molecule has 1 aliphatic carbocycles. The van der Waals surface area contributed by atoms with Crippen molar-refractivity contribution in [1.82, 2.24) is 15.3 Å². The minimum absolute atomic E-state index is 0.0405. The van der Waals surface area contributed by atoms with Crippen molar-refractivity contribution in [3.05, 3.63) is 23.2 Å². The second-order valence-electron chi connectivity index (χ2n) is 8.43. The number of hydrogen-bond acceptors (Lipinski definition) is 8. The number of oxazole rings is 1. The summed E-state index contributed by atoms with van der Waals surface area (Å²) in [6.07, 6.45) is -0.506. The average Bonchev–Trinajstić information content (AvgIpc) is 3.13. The molecule has 0 spiro atoms. The third-order valence-corrected chi connectivity index (χ3v) is 7.01. The van der Waals surface area contributed by atoms with Crippen LogP contribution in [0.3, 0.4) is 0 Å². The van der Waals surface area contributed by atoms with Crippen molar-refractivity contribution < 1.29 is 27.4 Å². The number of hydrogen-bond donors (Lipinski definition) is 2. The molecular weight excluding hydrogens is 433 g/mol. The topological polar surface area (TPSA) is 83.7 Å². The maximum atomic E-state index is 13.3. The van der Waals surface area contributed by atoms with Gasteiger partial charge in [-0.05, 0) is 31.7 Å². The van der Waals surface area contributed by atoms with Gasteiger partial charge in [0.1, 0.15) is 5.01 Å². The van der Waals surface area contributed by atoms with Gasteiger partial charge < -0.3 is 24.5 Å². The Hall–Kier alpha value is -2.37. The van der Waals surface area contributed by atoms with Gasteiger partial charge >= 0.3 is 6.36 Å². The summed E-state index contributed by atoms with van der Waals surface area (Å²) in [6, 6.07) is 2.38. The van der Waals surface area contributed by atoms with E-state index in [1.165, 1.54) is 17.4 Å². The van der Waals surface area contributed by atoms with Crippen molar-refractivity contribution in [3.8, 4) is 16.3 Å². The van der Waals surface area contributed by atoms with E-state index in [0.29, 0.717) is 48.6 Å². The molecule has 1 saturated carbocycles. The average molecular weight is 452 g/mol. The smallest absolute Gasteiger partial charge is 0.422 e.